The molecule has 2 amide bonds. The van der Waals surface area contributed by atoms with Crippen LogP contribution in [0.4, 0.5) is 4.79 Å². The minimum absolute atomic E-state index is 0.120. The molecule has 0 aromatic carbocycles. The van der Waals surface area contributed by atoms with E-state index in [9.17, 15) is 14.2 Å². The molecule has 10 heteroatoms. The van der Waals surface area contributed by atoms with Gasteiger partial charge in [0.2, 0.25) is 5.91 Å². The highest BCUT2D eigenvalue weighted by Gasteiger charge is 2.40. The highest BCUT2D eigenvalue weighted by atomic mass is 32.7. The van der Waals surface area contributed by atoms with Gasteiger partial charge in [0.15, 0.2) is 0 Å². The van der Waals surface area contributed by atoms with Gasteiger partial charge in [0.25, 0.3) is 5.24 Å². The van der Waals surface area contributed by atoms with Crippen molar-refractivity contribution in [3.8, 4) is 0 Å². The molecule has 0 rings (SSSR count). The minimum Gasteiger partial charge on any atom is -0.274 e. The lowest BCUT2D eigenvalue weighted by Crippen LogP contribution is -2.33. The van der Waals surface area contributed by atoms with Crippen molar-refractivity contribution in [2.75, 3.05) is 32.1 Å². The Morgan fingerprint density at radius 1 is 1.09 bits per heavy atom. The third-order valence-corrected chi connectivity index (χ3v) is 11.3. The Hall–Kier alpha value is 0.180. The van der Waals surface area contributed by atoms with Gasteiger partial charge >= 0.3 is 6.65 Å². The number of carbonyl (C=O) groups is 2. The standard InChI is InChI=1S/C13H28N3O3PS3/c1-7-11-22-20(19,15(9-3)12(17)8-2)16(10-4)23-14(5)13(18)21-6/h7-11H2,1-6H3. The van der Waals surface area contributed by atoms with Crippen LogP contribution >= 0.6 is 41.9 Å². The van der Waals surface area contributed by atoms with Crippen molar-refractivity contribution in [3.63, 3.8) is 0 Å². The Kier molecular flexibility index (Phi) is 11.8. The van der Waals surface area contributed by atoms with Crippen molar-refractivity contribution < 1.29 is 14.2 Å². The average Bonchev–Trinajstić information content (AvgIpc) is 2.56. The van der Waals surface area contributed by atoms with Gasteiger partial charge in [-0.3, -0.25) is 23.1 Å². The largest absolute Gasteiger partial charge is 0.308 e. The second-order valence-corrected chi connectivity index (χ2v) is 11.5. The van der Waals surface area contributed by atoms with Gasteiger partial charge in [-0.1, -0.05) is 43.9 Å². The lowest BCUT2D eigenvalue weighted by Gasteiger charge is -2.37. The number of hydrogen-bond acceptors (Lipinski definition) is 6. The third kappa shape index (κ3) is 6.53. The van der Waals surface area contributed by atoms with Crippen LogP contribution in [0.5, 0.6) is 0 Å². The normalized spacial score (nSPS) is 13.7. The van der Waals surface area contributed by atoms with Gasteiger partial charge in [0.1, 0.15) is 0 Å². The molecule has 0 saturated heterocycles. The maximum absolute atomic E-state index is 13.7. The molecule has 0 bridgehead atoms. The Morgan fingerprint density at radius 2 is 1.70 bits per heavy atom. The summed E-state index contributed by atoms with van der Waals surface area (Å²) in [5.41, 5.74) is 0. The molecule has 0 fully saturated rings. The number of rotatable bonds is 10. The number of amides is 2. The average molecular weight is 402 g/mol. The molecule has 0 aliphatic heterocycles. The van der Waals surface area contributed by atoms with Gasteiger partial charge < -0.3 is 0 Å². The van der Waals surface area contributed by atoms with E-state index >= 15 is 0 Å². The summed E-state index contributed by atoms with van der Waals surface area (Å²) in [4.78, 5) is 24.1. The van der Waals surface area contributed by atoms with Crippen molar-refractivity contribution in [2.24, 2.45) is 0 Å². The molecule has 0 saturated carbocycles. The minimum atomic E-state index is -3.14. The molecule has 1 unspecified atom stereocenters. The van der Waals surface area contributed by atoms with Crippen LogP contribution in [0.3, 0.4) is 0 Å². The first-order valence-electron chi connectivity index (χ1n) is 7.65. The predicted octanol–water partition coefficient (Wildman–Crippen LogP) is 4.80. The summed E-state index contributed by atoms with van der Waals surface area (Å²) >= 11 is 3.54. The lowest BCUT2D eigenvalue weighted by atomic mass is 10.4. The zero-order valence-electron chi connectivity index (χ0n) is 14.8. The van der Waals surface area contributed by atoms with Crippen LogP contribution < -0.4 is 0 Å². The molecule has 0 aliphatic rings. The van der Waals surface area contributed by atoms with E-state index in [0.29, 0.717) is 25.3 Å². The smallest absolute Gasteiger partial charge is 0.274 e. The number of carbonyl (C=O) groups excluding carboxylic acids is 2. The molecule has 0 aromatic rings. The van der Waals surface area contributed by atoms with E-state index in [4.69, 9.17) is 0 Å². The van der Waals surface area contributed by atoms with E-state index in [2.05, 4.69) is 0 Å². The summed E-state index contributed by atoms with van der Waals surface area (Å²) in [6.07, 6.45) is 2.89. The molecule has 1 atom stereocenters. The fourth-order valence-corrected chi connectivity index (χ4v) is 9.53. The highest BCUT2D eigenvalue weighted by molar-refractivity contribution is 8.57. The van der Waals surface area contributed by atoms with Crippen molar-refractivity contribution in [1.82, 2.24) is 13.1 Å². The van der Waals surface area contributed by atoms with Crippen molar-refractivity contribution >= 4 is 53.1 Å². The maximum atomic E-state index is 13.7. The first-order chi connectivity index (χ1) is 10.8. The monoisotopic (exact) mass is 401 g/mol. The summed E-state index contributed by atoms with van der Waals surface area (Å²) in [6, 6.07) is 0. The zero-order chi connectivity index (χ0) is 18.0. The van der Waals surface area contributed by atoms with E-state index in [1.807, 2.05) is 20.8 Å². The van der Waals surface area contributed by atoms with Gasteiger partial charge in [-0.05, 0) is 19.6 Å². The number of hydrogen-bond donors (Lipinski definition) is 0. The molecule has 0 heterocycles. The van der Waals surface area contributed by atoms with E-state index in [0.717, 1.165) is 30.3 Å². The number of thioether (sulfide) groups is 1. The maximum Gasteiger partial charge on any atom is 0.308 e. The molecule has 0 radical (unpaired) electrons. The van der Waals surface area contributed by atoms with E-state index in [1.54, 1.807) is 24.3 Å². The number of nitrogens with zero attached hydrogens (tertiary/aromatic N) is 3. The molecule has 0 aliphatic carbocycles. The SMILES string of the molecule is CCCSP(=O)(N(CC)SN(C)C(=O)SC)N(CC)C(=O)CC. The van der Waals surface area contributed by atoms with Crippen LogP contribution in [-0.2, 0) is 9.36 Å². The van der Waals surface area contributed by atoms with E-state index in [1.165, 1.54) is 20.4 Å². The van der Waals surface area contributed by atoms with Crippen LogP contribution in [0.2, 0.25) is 0 Å². The zero-order valence-corrected chi connectivity index (χ0v) is 18.1. The molecular weight excluding hydrogens is 373 g/mol. The van der Waals surface area contributed by atoms with Crippen molar-refractivity contribution in [1.29, 1.82) is 0 Å². The molecule has 23 heavy (non-hydrogen) atoms. The summed E-state index contributed by atoms with van der Waals surface area (Å²) < 4.78 is 18.3. The first-order valence-corrected chi connectivity index (χ1v) is 12.8. The van der Waals surface area contributed by atoms with Gasteiger partial charge in [0, 0.05) is 32.3 Å². The van der Waals surface area contributed by atoms with Crippen molar-refractivity contribution in [2.45, 2.75) is 40.5 Å². The molecule has 136 valence electrons. The third-order valence-electron chi connectivity index (χ3n) is 2.86. The Labute approximate surface area is 153 Å². The Morgan fingerprint density at radius 3 is 2.09 bits per heavy atom. The summed E-state index contributed by atoms with van der Waals surface area (Å²) in [5, 5.41) is -0.120. The van der Waals surface area contributed by atoms with Gasteiger partial charge in [-0.15, -0.1) is 0 Å². The van der Waals surface area contributed by atoms with Gasteiger partial charge in [-0.2, -0.15) is 4.08 Å². The summed E-state index contributed by atoms with van der Waals surface area (Å²) in [6.45, 7) is 5.22. The van der Waals surface area contributed by atoms with Gasteiger partial charge in [-0.25, -0.2) is 0 Å². The fraction of sp³-hybridized carbons (Fsp3) is 0.846. The van der Waals surface area contributed by atoms with Gasteiger partial charge in [0.05, 0.1) is 12.1 Å². The molecule has 0 spiro atoms. The summed E-state index contributed by atoms with van der Waals surface area (Å²) in [5.74, 6) is 0.569. The predicted molar refractivity (Wildman–Crippen MR) is 105 cm³/mol. The van der Waals surface area contributed by atoms with Crippen LogP contribution in [0.15, 0.2) is 0 Å². The molecule has 6 nitrogen and oxygen atoms in total. The topological polar surface area (TPSA) is 60.9 Å². The molecule has 0 N–H and O–H groups in total. The first kappa shape index (κ1) is 23.2. The second kappa shape index (κ2) is 11.7. The molecule has 0 aromatic heterocycles. The molecular formula is C13H28N3O3PS3. The van der Waals surface area contributed by atoms with Crippen molar-refractivity contribution in [3.05, 3.63) is 0 Å². The Balaban J connectivity index is 5.56. The lowest BCUT2D eigenvalue weighted by molar-refractivity contribution is -0.126. The summed E-state index contributed by atoms with van der Waals surface area (Å²) in [7, 11) is 1.65. The second-order valence-electron chi connectivity index (χ2n) is 4.50. The Bertz CT molecular complexity index is 440. The van der Waals surface area contributed by atoms with Crippen LogP contribution in [0, 0.1) is 0 Å². The highest BCUT2D eigenvalue weighted by Crippen LogP contribution is 2.67. The fourth-order valence-electron chi connectivity index (χ4n) is 1.73. The van der Waals surface area contributed by atoms with E-state index < -0.39 is 6.65 Å². The van der Waals surface area contributed by atoms with Crippen LogP contribution in [0.1, 0.15) is 40.5 Å². The van der Waals surface area contributed by atoms with E-state index in [-0.39, 0.29) is 11.1 Å². The van der Waals surface area contributed by atoms with Crippen LogP contribution in [-0.4, -0.2) is 56.3 Å². The van der Waals surface area contributed by atoms with Crippen LogP contribution in [0.25, 0.3) is 0 Å². The quantitative estimate of drug-likeness (QED) is 0.385.